The van der Waals surface area contributed by atoms with Gasteiger partial charge in [-0.3, -0.25) is 0 Å². The van der Waals surface area contributed by atoms with Crippen LogP contribution in [0.5, 0.6) is 0 Å². The number of hydrogen-bond donors (Lipinski definition) is 1. The normalized spacial score (nSPS) is 17.8. The van der Waals surface area contributed by atoms with Crippen LogP contribution in [-0.4, -0.2) is 5.96 Å². The van der Waals surface area contributed by atoms with E-state index in [1.807, 2.05) is 30.3 Å². The molecule has 2 N–H and O–H groups in total. The fourth-order valence-corrected chi connectivity index (χ4v) is 1.94. The van der Waals surface area contributed by atoms with E-state index in [-0.39, 0.29) is 12.1 Å². The number of guanidine groups is 1. The summed E-state index contributed by atoms with van der Waals surface area (Å²) in [5.41, 5.74) is 8.82. The van der Waals surface area contributed by atoms with E-state index >= 15 is 0 Å². The molecule has 3 rings (SSSR count). The highest BCUT2D eigenvalue weighted by atomic mass is 15.3. The van der Waals surface area contributed by atoms with E-state index in [1.54, 1.807) is 0 Å². The highest BCUT2D eigenvalue weighted by Crippen LogP contribution is 2.27. The summed E-state index contributed by atoms with van der Waals surface area (Å²) in [7, 11) is 0. The maximum Gasteiger partial charge on any atom is 0.237 e. The molecule has 0 aromatic heterocycles. The largest absolute Gasteiger partial charge is 0.367 e. The lowest BCUT2D eigenvalue weighted by Gasteiger charge is -2.06. The van der Waals surface area contributed by atoms with Crippen molar-refractivity contribution in [3.8, 4) is 11.1 Å². The second-order valence-corrected chi connectivity index (χ2v) is 4.07. The maximum atomic E-state index is 5.50. The van der Waals surface area contributed by atoms with Crippen LogP contribution in [0.2, 0.25) is 0 Å². The standard InChI is InChI=1S/C14H12N4/c15-14-16-13(17-18-14)12-8-4-7-11(9-12)10-5-2-1-3-6-10/h1-9,13H,(H2,15,16). The molecule has 0 spiro atoms. The third-order valence-corrected chi connectivity index (χ3v) is 2.82. The van der Waals surface area contributed by atoms with Crippen molar-refractivity contribution in [3.05, 3.63) is 60.2 Å². The molecule has 0 aliphatic carbocycles. The number of hydrogen-bond acceptors (Lipinski definition) is 4. The molecule has 1 aliphatic rings. The van der Waals surface area contributed by atoms with Crippen molar-refractivity contribution in [3.63, 3.8) is 0 Å². The molecule has 4 nitrogen and oxygen atoms in total. The fourth-order valence-electron chi connectivity index (χ4n) is 1.94. The number of nitrogens with zero attached hydrogens (tertiary/aromatic N) is 3. The monoisotopic (exact) mass is 236 g/mol. The van der Waals surface area contributed by atoms with Gasteiger partial charge in [0.25, 0.3) is 0 Å². The van der Waals surface area contributed by atoms with Crippen LogP contribution in [-0.2, 0) is 0 Å². The minimum absolute atomic E-state index is 0.241. The Bertz CT molecular complexity index is 617. The van der Waals surface area contributed by atoms with E-state index in [9.17, 15) is 0 Å². The summed E-state index contributed by atoms with van der Waals surface area (Å²) in [5.74, 6) is 0.241. The first-order valence-electron chi connectivity index (χ1n) is 5.72. The van der Waals surface area contributed by atoms with E-state index < -0.39 is 0 Å². The summed E-state index contributed by atoms with van der Waals surface area (Å²) < 4.78 is 0. The molecular weight excluding hydrogens is 224 g/mol. The van der Waals surface area contributed by atoms with E-state index in [2.05, 4.69) is 39.5 Å². The number of nitrogens with two attached hydrogens (primary N) is 1. The molecule has 0 amide bonds. The summed E-state index contributed by atoms with van der Waals surface area (Å²) in [6.07, 6.45) is -0.298. The smallest absolute Gasteiger partial charge is 0.237 e. The van der Waals surface area contributed by atoms with Crippen molar-refractivity contribution in [1.29, 1.82) is 0 Å². The average Bonchev–Trinajstić information content (AvgIpc) is 2.87. The molecule has 1 aliphatic heterocycles. The first-order valence-corrected chi connectivity index (χ1v) is 5.72. The Morgan fingerprint density at radius 2 is 1.67 bits per heavy atom. The lowest BCUT2D eigenvalue weighted by molar-refractivity contribution is 0.772. The summed E-state index contributed by atoms with van der Waals surface area (Å²) in [6, 6.07) is 18.3. The Labute approximate surface area is 105 Å². The fraction of sp³-hybridized carbons (Fsp3) is 0.0714. The second-order valence-electron chi connectivity index (χ2n) is 4.07. The van der Waals surface area contributed by atoms with E-state index in [1.165, 1.54) is 5.56 Å². The van der Waals surface area contributed by atoms with Gasteiger partial charge in [-0.15, -0.1) is 5.11 Å². The first kappa shape index (κ1) is 10.7. The van der Waals surface area contributed by atoms with Gasteiger partial charge < -0.3 is 5.73 Å². The molecule has 1 unspecified atom stereocenters. The van der Waals surface area contributed by atoms with Crippen molar-refractivity contribution < 1.29 is 0 Å². The maximum absolute atomic E-state index is 5.50. The topological polar surface area (TPSA) is 63.1 Å². The van der Waals surface area contributed by atoms with Gasteiger partial charge in [0.1, 0.15) is 0 Å². The minimum atomic E-state index is -0.298. The molecule has 18 heavy (non-hydrogen) atoms. The van der Waals surface area contributed by atoms with Crippen LogP contribution in [0, 0.1) is 0 Å². The number of aliphatic imine (C=N–C) groups is 1. The zero-order valence-corrected chi connectivity index (χ0v) is 9.69. The highest BCUT2D eigenvalue weighted by molar-refractivity contribution is 5.79. The Balaban J connectivity index is 1.98. The van der Waals surface area contributed by atoms with Crippen molar-refractivity contribution >= 4 is 5.96 Å². The SMILES string of the molecule is NC1=NC(c2cccc(-c3ccccc3)c2)N=N1. The van der Waals surface area contributed by atoms with Gasteiger partial charge in [-0.1, -0.05) is 48.5 Å². The van der Waals surface area contributed by atoms with Crippen LogP contribution >= 0.6 is 0 Å². The van der Waals surface area contributed by atoms with Crippen LogP contribution < -0.4 is 5.73 Å². The van der Waals surface area contributed by atoms with Crippen LogP contribution in [0.15, 0.2) is 69.8 Å². The summed E-state index contributed by atoms with van der Waals surface area (Å²) in [4.78, 5) is 4.15. The van der Waals surface area contributed by atoms with Crippen LogP contribution in [0.25, 0.3) is 11.1 Å². The number of azo groups is 1. The van der Waals surface area contributed by atoms with Crippen LogP contribution in [0.1, 0.15) is 11.7 Å². The first-order chi connectivity index (χ1) is 8.83. The van der Waals surface area contributed by atoms with Crippen LogP contribution in [0.4, 0.5) is 0 Å². The Morgan fingerprint density at radius 1 is 0.889 bits per heavy atom. The summed E-state index contributed by atoms with van der Waals surface area (Å²) >= 11 is 0. The molecule has 0 radical (unpaired) electrons. The molecule has 2 aromatic carbocycles. The Kier molecular flexibility index (Phi) is 2.61. The third-order valence-electron chi connectivity index (χ3n) is 2.82. The lowest BCUT2D eigenvalue weighted by Crippen LogP contribution is -2.04. The molecular formula is C14H12N4. The summed E-state index contributed by atoms with van der Waals surface area (Å²) in [6.45, 7) is 0. The van der Waals surface area contributed by atoms with Crippen molar-refractivity contribution in [2.24, 2.45) is 21.0 Å². The van der Waals surface area contributed by atoms with Gasteiger partial charge in [-0.05, 0) is 17.2 Å². The van der Waals surface area contributed by atoms with Crippen molar-refractivity contribution in [2.75, 3.05) is 0 Å². The predicted molar refractivity (Wildman–Crippen MR) is 71.1 cm³/mol. The zero-order chi connectivity index (χ0) is 12.4. The molecule has 0 saturated heterocycles. The molecule has 0 bridgehead atoms. The predicted octanol–water partition coefficient (Wildman–Crippen LogP) is 3.13. The second kappa shape index (κ2) is 4.41. The van der Waals surface area contributed by atoms with Gasteiger partial charge in [0, 0.05) is 5.56 Å². The molecule has 2 aromatic rings. The van der Waals surface area contributed by atoms with E-state index in [4.69, 9.17) is 5.73 Å². The molecule has 4 heteroatoms. The van der Waals surface area contributed by atoms with Crippen LogP contribution in [0.3, 0.4) is 0 Å². The molecule has 1 atom stereocenters. The van der Waals surface area contributed by atoms with Gasteiger partial charge >= 0.3 is 0 Å². The Morgan fingerprint density at radius 3 is 2.39 bits per heavy atom. The van der Waals surface area contributed by atoms with Gasteiger partial charge in [-0.2, -0.15) is 5.11 Å². The molecule has 1 heterocycles. The lowest BCUT2D eigenvalue weighted by atomic mass is 10.0. The molecule has 0 fully saturated rings. The summed E-state index contributed by atoms with van der Waals surface area (Å²) in [5, 5.41) is 7.77. The molecule has 88 valence electrons. The van der Waals surface area contributed by atoms with Gasteiger partial charge in [0.05, 0.1) is 0 Å². The van der Waals surface area contributed by atoms with E-state index in [0.29, 0.717) is 0 Å². The van der Waals surface area contributed by atoms with Crippen molar-refractivity contribution in [2.45, 2.75) is 6.17 Å². The highest BCUT2D eigenvalue weighted by Gasteiger charge is 2.14. The third kappa shape index (κ3) is 2.00. The number of rotatable bonds is 2. The van der Waals surface area contributed by atoms with Crippen molar-refractivity contribution in [1.82, 2.24) is 0 Å². The van der Waals surface area contributed by atoms with Gasteiger partial charge in [0.2, 0.25) is 5.96 Å². The van der Waals surface area contributed by atoms with E-state index in [0.717, 1.165) is 11.1 Å². The Hall–Kier alpha value is -2.49. The molecule has 0 saturated carbocycles. The zero-order valence-electron chi connectivity index (χ0n) is 9.69. The van der Waals surface area contributed by atoms with Gasteiger partial charge in [-0.25, -0.2) is 4.99 Å². The average molecular weight is 236 g/mol. The quantitative estimate of drug-likeness (QED) is 0.855. The van der Waals surface area contributed by atoms with Gasteiger partial charge in [0.15, 0.2) is 6.17 Å². The number of benzene rings is 2. The minimum Gasteiger partial charge on any atom is -0.367 e.